The van der Waals surface area contributed by atoms with Crippen molar-refractivity contribution >= 4 is 40.9 Å². The Morgan fingerprint density at radius 1 is 0.634 bits per heavy atom. The smallest absolute Gasteiger partial charge is 0.475 e. The first-order valence-corrected chi connectivity index (χ1v) is 27.4. The number of aliphatic hydroxyl groups excluding tert-OH is 2. The van der Waals surface area contributed by atoms with Gasteiger partial charge in [0.25, 0.3) is 0 Å². The molecule has 7 N–H and O–H groups in total. The highest BCUT2D eigenvalue weighted by molar-refractivity contribution is 6.03. The van der Waals surface area contributed by atoms with Gasteiger partial charge in [-0.1, -0.05) is 136 Å². The molecule has 3 heterocycles. The molecule has 18 heteroatoms. The van der Waals surface area contributed by atoms with Crippen LogP contribution in [-0.4, -0.2) is 55.2 Å². The first-order valence-electron chi connectivity index (χ1n) is 27.4. The fourth-order valence-corrected chi connectivity index (χ4v) is 10.3. The molecule has 1 fully saturated rings. The number of carbonyl (C=O) groups excluding carboxylic acids is 3. The van der Waals surface area contributed by atoms with Gasteiger partial charge in [0.15, 0.2) is 0 Å². The number of halogens is 5. The molecule has 0 radical (unpaired) electrons. The van der Waals surface area contributed by atoms with Gasteiger partial charge >= 0.3 is 12.1 Å². The lowest BCUT2D eigenvalue weighted by Gasteiger charge is -2.48. The summed E-state index contributed by atoms with van der Waals surface area (Å²) < 4.78 is 59.0. The van der Waals surface area contributed by atoms with E-state index in [1.807, 2.05) is 109 Å². The van der Waals surface area contributed by atoms with Crippen LogP contribution in [0.15, 0.2) is 170 Å². The van der Waals surface area contributed by atoms with E-state index in [-0.39, 0.29) is 29.6 Å². The number of carboxylic acids is 1. The number of nitrogen functional groups attached to an aromatic ring is 1. The van der Waals surface area contributed by atoms with Crippen molar-refractivity contribution in [2.45, 2.75) is 120 Å². The van der Waals surface area contributed by atoms with Gasteiger partial charge in [-0.15, -0.1) is 0 Å². The Hall–Kier alpha value is -8.35. The Bertz CT molecular complexity index is 3160. The maximum Gasteiger partial charge on any atom is 0.490 e. The molecule has 430 valence electrons. The standard InChI is InChI=1S/C62H66F2N6O5.C2HF3O2/c63-46-31-29-43(30-32-46)54(71)38-37-51-59(70(62(51)75)48-35-33-47(64)34-36-48)44-27-25-42(26-28-44)41-68-55(72)23-10-5-3-1-2-4-6-11-24-56(73)69-52-21-13-12-19-49(52)57(50-20-16-40-67-61(50)65)58(53-22-14-15-39-66-53)60(74)45-17-8-7-9-18-45;3-2(4,5)1(6)7/h7-9,12-22,25-36,39-40,51,54,57-60,71,74H,1-6,10-11,23-24,37-38,41H2,(H2,65,67)(H,68,72)(H,69,73);(H,6,7). The molecule has 3 amide bonds. The molecule has 8 rings (SSSR count). The molecule has 7 aromatic rings. The Morgan fingerprint density at radius 2 is 1.20 bits per heavy atom. The summed E-state index contributed by atoms with van der Waals surface area (Å²) in [7, 11) is 0. The molecule has 0 spiro atoms. The van der Waals surface area contributed by atoms with E-state index in [9.17, 15) is 46.5 Å². The number of carboxylic acid groups (broad SMARTS) is 1. The molecular formula is C64H67F5N6O7. The second kappa shape index (κ2) is 29.9. The maximum atomic E-state index is 13.8. The van der Waals surface area contributed by atoms with Crippen molar-refractivity contribution in [3.05, 3.63) is 221 Å². The van der Waals surface area contributed by atoms with Crippen LogP contribution < -0.4 is 21.3 Å². The van der Waals surface area contributed by atoms with E-state index < -0.39 is 47.9 Å². The summed E-state index contributed by atoms with van der Waals surface area (Å²) in [5.41, 5.74) is 13.1. The number of benzene rings is 5. The fraction of sp³-hybridized carbons (Fsp3) is 0.312. The van der Waals surface area contributed by atoms with E-state index in [4.69, 9.17) is 20.6 Å². The summed E-state index contributed by atoms with van der Waals surface area (Å²) in [5, 5.41) is 36.2. The number of unbranched alkanes of at least 4 members (excludes halogenated alkanes) is 7. The van der Waals surface area contributed by atoms with Crippen molar-refractivity contribution in [1.29, 1.82) is 0 Å². The van der Waals surface area contributed by atoms with Crippen LogP contribution >= 0.6 is 0 Å². The van der Waals surface area contributed by atoms with Crippen LogP contribution in [0.3, 0.4) is 0 Å². The number of nitrogens with two attached hydrogens (primary N) is 1. The number of alkyl halides is 3. The van der Waals surface area contributed by atoms with Crippen molar-refractivity contribution in [2.75, 3.05) is 16.0 Å². The lowest BCUT2D eigenvalue weighted by Crippen LogP contribution is -2.55. The first kappa shape index (κ1) is 61.3. The topological polar surface area (TPSA) is 208 Å². The van der Waals surface area contributed by atoms with Gasteiger partial charge in [0.2, 0.25) is 17.7 Å². The number of pyridine rings is 2. The highest BCUT2D eigenvalue weighted by Gasteiger charge is 2.48. The van der Waals surface area contributed by atoms with E-state index in [0.717, 1.165) is 79.2 Å². The number of anilines is 3. The van der Waals surface area contributed by atoms with Crippen LogP contribution in [-0.2, 0) is 25.7 Å². The zero-order valence-corrected chi connectivity index (χ0v) is 45.1. The van der Waals surface area contributed by atoms with E-state index in [0.29, 0.717) is 60.7 Å². The molecular weight excluding hydrogens is 1060 g/mol. The molecule has 0 saturated carbocycles. The number of carbonyl (C=O) groups is 4. The average Bonchev–Trinajstić information content (AvgIpc) is 1.56. The van der Waals surface area contributed by atoms with Gasteiger partial charge in [-0.05, 0) is 114 Å². The minimum absolute atomic E-state index is 0.0126. The predicted molar refractivity (Wildman–Crippen MR) is 303 cm³/mol. The van der Waals surface area contributed by atoms with E-state index >= 15 is 0 Å². The van der Waals surface area contributed by atoms with Crippen molar-refractivity contribution in [3.8, 4) is 0 Å². The number of nitrogens with one attached hydrogen (secondary N) is 2. The van der Waals surface area contributed by atoms with Gasteiger partial charge < -0.3 is 36.6 Å². The fourth-order valence-electron chi connectivity index (χ4n) is 10.3. The summed E-state index contributed by atoms with van der Waals surface area (Å²) in [5.74, 6) is -4.91. The van der Waals surface area contributed by atoms with Gasteiger partial charge in [-0.2, -0.15) is 13.2 Å². The third-order valence-corrected chi connectivity index (χ3v) is 14.6. The van der Waals surface area contributed by atoms with E-state index in [1.165, 1.54) is 24.3 Å². The van der Waals surface area contributed by atoms with Gasteiger partial charge in [0.05, 0.1) is 24.2 Å². The molecule has 1 aliphatic rings. The maximum absolute atomic E-state index is 13.8. The number of amides is 3. The zero-order chi connectivity index (χ0) is 58.6. The van der Waals surface area contributed by atoms with Gasteiger partial charge in [-0.25, -0.2) is 18.6 Å². The van der Waals surface area contributed by atoms with Crippen molar-refractivity contribution < 1.29 is 56.4 Å². The number of hydrogen-bond donors (Lipinski definition) is 6. The first-order chi connectivity index (χ1) is 39.5. The third-order valence-electron chi connectivity index (χ3n) is 14.6. The monoisotopic (exact) mass is 1130 g/mol. The number of para-hydroxylation sites is 1. The normalized spacial score (nSPS) is 15.5. The zero-order valence-electron chi connectivity index (χ0n) is 45.1. The highest BCUT2D eigenvalue weighted by Crippen LogP contribution is 2.49. The number of aromatic nitrogens is 2. The lowest BCUT2D eigenvalue weighted by molar-refractivity contribution is -0.192. The molecule has 0 bridgehead atoms. The molecule has 5 aromatic carbocycles. The Morgan fingerprint density at radius 3 is 1.80 bits per heavy atom. The number of aliphatic hydroxyl groups is 2. The SMILES string of the molecule is Nc1ncccc1C(c1ccccc1NC(=O)CCCCCCCCCCC(=O)NCc1ccc(C2C(CCC(O)c3ccc(F)cc3)C(=O)N2c2ccc(F)cc2)cc1)C(c1ccccn1)C(O)c1ccccc1.O=C(O)C(F)(F)F. The molecule has 6 atom stereocenters. The molecule has 2 aromatic heterocycles. The third kappa shape index (κ3) is 17.1. The second-order valence-corrected chi connectivity index (χ2v) is 20.3. The van der Waals surface area contributed by atoms with Crippen LogP contribution in [0.5, 0.6) is 0 Å². The van der Waals surface area contributed by atoms with Crippen molar-refractivity contribution in [3.63, 3.8) is 0 Å². The largest absolute Gasteiger partial charge is 0.490 e. The van der Waals surface area contributed by atoms with Crippen LogP contribution in [0.25, 0.3) is 0 Å². The van der Waals surface area contributed by atoms with Crippen LogP contribution in [0, 0.1) is 17.6 Å². The molecule has 1 saturated heterocycles. The van der Waals surface area contributed by atoms with Crippen molar-refractivity contribution in [2.24, 2.45) is 5.92 Å². The second-order valence-electron chi connectivity index (χ2n) is 20.3. The summed E-state index contributed by atoms with van der Waals surface area (Å²) in [4.78, 5) is 59.5. The van der Waals surface area contributed by atoms with E-state index in [2.05, 4.69) is 15.6 Å². The summed E-state index contributed by atoms with van der Waals surface area (Å²) in [6.07, 6.45) is 5.55. The summed E-state index contributed by atoms with van der Waals surface area (Å²) >= 11 is 0. The predicted octanol–water partition coefficient (Wildman–Crippen LogP) is 13.0. The van der Waals surface area contributed by atoms with Gasteiger partial charge in [0, 0.05) is 66.2 Å². The van der Waals surface area contributed by atoms with Crippen LogP contribution in [0.2, 0.25) is 0 Å². The number of β-lactam (4-membered cyclic amide) rings is 1. The van der Waals surface area contributed by atoms with Crippen LogP contribution in [0.1, 0.15) is 146 Å². The molecule has 6 unspecified atom stereocenters. The molecule has 1 aliphatic heterocycles. The molecule has 0 aliphatic carbocycles. The van der Waals surface area contributed by atoms with Crippen LogP contribution in [0.4, 0.5) is 39.1 Å². The number of nitrogens with zero attached hydrogens (tertiary/aromatic N) is 3. The van der Waals surface area contributed by atoms with E-state index in [1.54, 1.807) is 41.6 Å². The quantitative estimate of drug-likeness (QED) is 0.0172. The molecule has 13 nitrogen and oxygen atoms in total. The summed E-state index contributed by atoms with van der Waals surface area (Å²) in [6, 6.07) is 45.5. The average molecular weight is 1130 g/mol. The van der Waals surface area contributed by atoms with Gasteiger partial charge in [-0.3, -0.25) is 19.4 Å². The number of rotatable bonds is 26. The minimum atomic E-state index is -5.08. The Balaban J connectivity index is 0.00000130. The lowest BCUT2D eigenvalue weighted by atomic mass is 9.74. The Labute approximate surface area is 473 Å². The Kier molecular flexibility index (Phi) is 22.4. The minimum Gasteiger partial charge on any atom is -0.475 e. The summed E-state index contributed by atoms with van der Waals surface area (Å²) in [6.45, 7) is 0.370. The number of aliphatic carboxylic acids is 1. The van der Waals surface area contributed by atoms with Crippen molar-refractivity contribution in [1.82, 2.24) is 15.3 Å². The highest BCUT2D eigenvalue weighted by atomic mass is 19.4. The number of hydrogen-bond acceptors (Lipinski definition) is 9. The van der Waals surface area contributed by atoms with Gasteiger partial charge in [0.1, 0.15) is 17.5 Å². The molecule has 82 heavy (non-hydrogen) atoms.